The molecule has 0 bridgehead atoms. The van der Waals surface area contributed by atoms with Gasteiger partial charge in [-0.2, -0.15) is 0 Å². The fraction of sp³-hybridized carbons (Fsp3) is 0.667. The average Bonchev–Trinajstić information content (AvgIpc) is 2.36. The molecule has 0 aliphatic heterocycles. The number of nitrogens with one attached hydrogen (secondary N) is 1. The Kier molecular flexibility index (Phi) is 6.13. The van der Waals surface area contributed by atoms with Gasteiger partial charge in [0.25, 0.3) is 0 Å². The minimum absolute atomic E-state index is 0.322. The number of anilines is 1. The van der Waals surface area contributed by atoms with Gasteiger partial charge in [-0.25, -0.2) is 0 Å². The van der Waals surface area contributed by atoms with Crippen LogP contribution in [0.3, 0.4) is 0 Å². The Morgan fingerprint density at radius 1 is 1.22 bits per heavy atom. The Hall–Kier alpha value is -1.09. The van der Waals surface area contributed by atoms with Crippen LogP contribution >= 0.6 is 0 Å². The highest BCUT2D eigenvalue weighted by Crippen LogP contribution is 2.18. The van der Waals surface area contributed by atoms with Crippen LogP contribution in [0.15, 0.2) is 18.3 Å². The van der Waals surface area contributed by atoms with E-state index in [1.54, 1.807) is 0 Å². The second-order valence-electron chi connectivity index (χ2n) is 5.01. The summed E-state index contributed by atoms with van der Waals surface area (Å²) >= 11 is 0. The number of hydrogen-bond donors (Lipinski definition) is 1. The predicted octanol–water partition coefficient (Wildman–Crippen LogP) is 3.38. The van der Waals surface area contributed by atoms with Crippen LogP contribution in [0.1, 0.15) is 52.8 Å². The van der Waals surface area contributed by atoms with E-state index < -0.39 is 0 Å². The van der Waals surface area contributed by atoms with E-state index in [9.17, 15) is 0 Å². The summed E-state index contributed by atoms with van der Waals surface area (Å²) in [6, 6.07) is 5.16. The number of rotatable bonds is 7. The Balaban J connectivity index is 2.80. The third-order valence-corrected chi connectivity index (χ3v) is 3.14. The molecular formula is C15H27N3. The molecule has 1 unspecified atom stereocenters. The highest BCUT2D eigenvalue weighted by molar-refractivity contribution is 5.45. The number of nitrogens with zero attached hydrogens (tertiary/aromatic N) is 2. The Morgan fingerprint density at radius 2 is 1.94 bits per heavy atom. The molecule has 1 heterocycles. The first-order chi connectivity index (χ1) is 8.60. The third-order valence-electron chi connectivity index (χ3n) is 3.14. The zero-order valence-electron chi connectivity index (χ0n) is 12.4. The van der Waals surface area contributed by atoms with Gasteiger partial charge in [0.15, 0.2) is 0 Å². The second-order valence-corrected chi connectivity index (χ2v) is 5.01. The van der Waals surface area contributed by atoms with Crippen LogP contribution in [-0.4, -0.2) is 24.1 Å². The summed E-state index contributed by atoms with van der Waals surface area (Å²) in [4.78, 5) is 6.98. The van der Waals surface area contributed by atoms with Crippen LogP contribution in [0.4, 0.5) is 5.69 Å². The van der Waals surface area contributed by atoms with Crippen molar-refractivity contribution in [1.29, 1.82) is 0 Å². The molecule has 0 aliphatic carbocycles. The molecule has 0 fully saturated rings. The Morgan fingerprint density at radius 3 is 2.39 bits per heavy atom. The molecule has 0 saturated heterocycles. The molecule has 1 aromatic rings. The third kappa shape index (κ3) is 3.98. The summed E-state index contributed by atoms with van der Waals surface area (Å²) in [6.45, 7) is 13.0. The topological polar surface area (TPSA) is 28.2 Å². The summed E-state index contributed by atoms with van der Waals surface area (Å²) in [5.41, 5.74) is 2.33. The molecule has 1 N–H and O–H groups in total. The zero-order chi connectivity index (χ0) is 13.5. The van der Waals surface area contributed by atoms with Gasteiger partial charge in [0, 0.05) is 18.6 Å². The van der Waals surface area contributed by atoms with Crippen molar-refractivity contribution in [2.24, 2.45) is 0 Å². The van der Waals surface area contributed by atoms with Crippen molar-refractivity contribution < 1.29 is 0 Å². The molecule has 1 rings (SSSR count). The summed E-state index contributed by atoms with van der Waals surface area (Å²) in [7, 11) is 0. The van der Waals surface area contributed by atoms with Gasteiger partial charge in [-0.1, -0.05) is 13.8 Å². The molecule has 1 aromatic heterocycles. The maximum atomic E-state index is 4.58. The van der Waals surface area contributed by atoms with E-state index in [1.807, 2.05) is 6.20 Å². The summed E-state index contributed by atoms with van der Waals surface area (Å²) in [5, 5.41) is 3.38. The molecule has 18 heavy (non-hydrogen) atoms. The van der Waals surface area contributed by atoms with Crippen molar-refractivity contribution in [3.63, 3.8) is 0 Å². The highest BCUT2D eigenvalue weighted by atomic mass is 15.2. The maximum absolute atomic E-state index is 4.58. The van der Waals surface area contributed by atoms with E-state index in [0.29, 0.717) is 12.1 Å². The van der Waals surface area contributed by atoms with Crippen LogP contribution in [0.2, 0.25) is 0 Å². The SMILES string of the molecule is CCCN(c1ccc(C(C)NCC)nc1)C(C)C. The maximum Gasteiger partial charge on any atom is 0.0572 e. The molecule has 0 saturated carbocycles. The molecule has 3 heteroatoms. The molecule has 0 amide bonds. The second kappa shape index (κ2) is 7.37. The van der Waals surface area contributed by atoms with E-state index >= 15 is 0 Å². The largest absolute Gasteiger partial charge is 0.368 e. The number of pyridine rings is 1. The first-order valence-electron chi connectivity index (χ1n) is 7.06. The van der Waals surface area contributed by atoms with Crippen molar-refractivity contribution in [3.05, 3.63) is 24.0 Å². The molecular weight excluding hydrogens is 222 g/mol. The van der Waals surface area contributed by atoms with Crippen molar-refractivity contribution in [2.75, 3.05) is 18.0 Å². The quantitative estimate of drug-likeness (QED) is 0.803. The molecule has 0 aliphatic rings. The Labute approximate surface area is 112 Å². The number of hydrogen-bond acceptors (Lipinski definition) is 3. The Bertz CT molecular complexity index is 332. The minimum Gasteiger partial charge on any atom is -0.368 e. The monoisotopic (exact) mass is 249 g/mol. The van der Waals surface area contributed by atoms with Gasteiger partial charge in [0.1, 0.15) is 0 Å². The first-order valence-corrected chi connectivity index (χ1v) is 7.06. The minimum atomic E-state index is 0.322. The summed E-state index contributed by atoms with van der Waals surface area (Å²) < 4.78 is 0. The van der Waals surface area contributed by atoms with Crippen LogP contribution in [0.5, 0.6) is 0 Å². The van der Waals surface area contributed by atoms with Gasteiger partial charge in [-0.05, 0) is 45.9 Å². The smallest absolute Gasteiger partial charge is 0.0572 e. The molecule has 0 radical (unpaired) electrons. The summed E-state index contributed by atoms with van der Waals surface area (Å²) in [5.74, 6) is 0. The standard InChI is InChI=1S/C15H27N3/c1-6-10-18(12(3)4)14-8-9-15(17-11-14)13(5)16-7-2/h8-9,11-13,16H,6-7,10H2,1-5H3. The number of aromatic nitrogens is 1. The zero-order valence-corrected chi connectivity index (χ0v) is 12.4. The average molecular weight is 249 g/mol. The van der Waals surface area contributed by atoms with Crippen molar-refractivity contribution in [2.45, 2.75) is 53.1 Å². The van der Waals surface area contributed by atoms with Crippen LogP contribution in [0, 0.1) is 0 Å². The highest BCUT2D eigenvalue weighted by Gasteiger charge is 2.11. The lowest BCUT2D eigenvalue weighted by molar-refractivity contribution is 0.582. The van der Waals surface area contributed by atoms with Crippen molar-refractivity contribution >= 4 is 5.69 Å². The predicted molar refractivity (Wildman–Crippen MR) is 79.1 cm³/mol. The van der Waals surface area contributed by atoms with Crippen molar-refractivity contribution in [3.8, 4) is 0 Å². The van der Waals surface area contributed by atoms with E-state index in [1.165, 1.54) is 5.69 Å². The van der Waals surface area contributed by atoms with E-state index in [0.717, 1.165) is 25.2 Å². The van der Waals surface area contributed by atoms with E-state index in [4.69, 9.17) is 0 Å². The molecule has 0 spiro atoms. The van der Waals surface area contributed by atoms with Crippen LogP contribution < -0.4 is 10.2 Å². The molecule has 102 valence electrons. The lowest BCUT2D eigenvalue weighted by atomic mass is 10.2. The first kappa shape index (κ1) is 15.0. The van der Waals surface area contributed by atoms with Crippen LogP contribution in [-0.2, 0) is 0 Å². The lowest BCUT2D eigenvalue weighted by Gasteiger charge is -2.28. The van der Waals surface area contributed by atoms with Gasteiger partial charge in [-0.3, -0.25) is 4.98 Å². The van der Waals surface area contributed by atoms with Crippen molar-refractivity contribution in [1.82, 2.24) is 10.3 Å². The fourth-order valence-corrected chi connectivity index (χ4v) is 2.16. The molecule has 0 aromatic carbocycles. The fourth-order valence-electron chi connectivity index (χ4n) is 2.16. The van der Waals surface area contributed by atoms with Gasteiger partial charge >= 0.3 is 0 Å². The van der Waals surface area contributed by atoms with Gasteiger partial charge in [-0.15, -0.1) is 0 Å². The van der Waals surface area contributed by atoms with Gasteiger partial charge in [0.05, 0.1) is 17.6 Å². The summed E-state index contributed by atoms with van der Waals surface area (Å²) in [6.07, 6.45) is 3.16. The lowest BCUT2D eigenvalue weighted by Crippen LogP contribution is -2.31. The van der Waals surface area contributed by atoms with E-state index in [2.05, 4.69) is 62.0 Å². The molecule has 1 atom stereocenters. The van der Waals surface area contributed by atoms with Gasteiger partial charge in [0.2, 0.25) is 0 Å². The van der Waals surface area contributed by atoms with E-state index in [-0.39, 0.29) is 0 Å². The van der Waals surface area contributed by atoms with Crippen LogP contribution in [0.25, 0.3) is 0 Å². The normalized spacial score (nSPS) is 12.8. The van der Waals surface area contributed by atoms with Gasteiger partial charge < -0.3 is 10.2 Å². The molecule has 3 nitrogen and oxygen atoms in total.